The number of piperidine rings is 1. The highest BCUT2D eigenvalue weighted by Crippen LogP contribution is 2.28. The maximum atomic E-state index is 5.68. The summed E-state index contributed by atoms with van der Waals surface area (Å²) in [7, 11) is 3.52. The molecule has 1 aliphatic rings. The fourth-order valence-corrected chi connectivity index (χ4v) is 4.11. The number of methoxy groups -OCH3 is 1. The number of likely N-dealkylation sites (tertiary alicyclic amines) is 1. The Morgan fingerprint density at radius 3 is 2.74 bits per heavy atom. The first-order valence-electron chi connectivity index (χ1n) is 11.5. The highest BCUT2D eigenvalue weighted by atomic mass is 127. The molecular weight excluding hydrogens is 503 g/mol. The fraction of sp³-hybridized carbons (Fsp3) is 0.708. The second-order valence-electron chi connectivity index (χ2n) is 8.56. The topological polar surface area (TPSA) is 58.1 Å². The molecule has 0 radical (unpaired) electrons. The van der Waals surface area contributed by atoms with Crippen LogP contribution in [-0.2, 0) is 6.42 Å². The summed E-state index contributed by atoms with van der Waals surface area (Å²) in [6.07, 6.45) is 4.62. The van der Waals surface area contributed by atoms with Crippen LogP contribution in [0.5, 0.6) is 11.5 Å². The van der Waals surface area contributed by atoms with E-state index in [1.165, 1.54) is 38.0 Å². The number of guanidine groups is 1. The van der Waals surface area contributed by atoms with Gasteiger partial charge in [-0.25, -0.2) is 0 Å². The molecule has 2 rings (SSSR count). The van der Waals surface area contributed by atoms with Crippen molar-refractivity contribution in [2.45, 2.75) is 46.5 Å². The summed E-state index contributed by atoms with van der Waals surface area (Å²) in [6.45, 7) is 12.8. The third kappa shape index (κ3) is 10.3. The van der Waals surface area contributed by atoms with Crippen LogP contribution in [0.25, 0.3) is 0 Å². The van der Waals surface area contributed by atoms with Crippen molar-refractivity contribution in [3.05, 3.63) is 23.8 Å². The van der Waals surface area contributed by atoms with E-state index in [1.54, 1.807) is 7.11 Å². The highest BCUT2D eigenvalue weighted by Gasteiger charge is 2.20. The highest BCUT2D eigenvalue weighted by molar-refractivity contribution is 14.0. The summed E-state index contributed by atoms with van der Waals surface area (Å²) < 4.78 is 11.0. The molecule has 6 nitrogen and oxygen atoms in total. The van der Waals surface area contributed by atoms with Crippen molar-refractivity contribution < 1.29 is 9.47 Å². The lowest BCUT2D eigenvalue weighted by Gasteiger charge is -2.34. The Balaban J connectivity index is 0.00000480. The molecule has 1 heterocycles. The molecule has 0 aromatic heterocycles. The van der Waals surface area contributed by atoms with E-state index in [0.29, 0.717) is 12.5 Å². The predicted molar refractivity (Wildman–Crippen MR) is 141 cm³/mol. The molecule has 1 atom stereocenters. The molecule has 7 heteroatoms. The molecule has 0 bridgehead atoms. The van der Waals surface area contributed by atoms with Gasteiger partial charge in [0, 0.05) is 33.2 Å². The lowest BCUT2D eigenvalue weighted by atomic mass is 9.97. The van der Waals surface area contributed by atoms with Crippen LogP contribution in [-0.4, -0.2) is 64.3 Å². The number of ether oxygens (including phenoxy) is 2. The summed E-state index contributed by atoms with van der Waals surface area (Å²) in [5.74, 6) is 3.95. The van der Waals surface area contributed by atoms with Gasteiger partial charge in [-0.1, -0.05) is 19.9 Å². The number of halogens is 1. The molecule has 0 amide bonds. The third-order valence-corrected chi connectivity index (χ3v) is 5.47. The zero-order chi connectivity index (χ0) is 21.8. The van der Waals surface area contributed by atoms with Crippen LogP contribution < -0.4 is 20.1 Å². The van der Waals surface area contributed by atoms with E-state index in [-0.39, 0.29) is 24.0 Å². The number of aliphatic imine (C=N–C) groups is 1. The van der Waals surface area contributed by atoms with Crippen LogP contribution >= 0.6 is 24.0 Å². The van der Waals surface area contributed by atoms with Gasteiger partial charge in [-0.3, -0.25) is 4.99 Å². The molecule has 178 valence electrons. The Bertz CT molecular complexity index is 654. The molecule has 1 aromatic rings. The van der Waals surface area contributed by atoms with Crippen molar-refractivity contribution in [1.29, 1.82) is 0 Å². The average molecular weight is 547 g/mol. The van der Waals surface area contributed by atoms with Crippen LogP contribution in [0.3, 0.4) is 0 Å². The largest absolute Gasteiger partial charge is 0.493 e. The summed E-state index contributed by atoms with van der Waals surface area (Å²) in [5.41, 5.74) is 1.26. The van der Waals surface area contributed by atoms with Gasteiger partial charge in [-0.2, -0.15) is 0 Å². The zero-order valence-corrected chi connectivity index (χ0v) is 22.4. The molecule has 2 N–H and O–H groups in total. The monoisotopic (exact) mass is 546 g/mol. The first kappa shape index (κ1) is 27.8. The number of benzene rings is 1. The van der Waals surface area contributed by atoms with E-state index in [2.05, 4.69) is 46.5 Å². The number of nitrogens with one attached hydrogen (secondary N) is 2. The van der Waals surface area contributed by atoms with Crippen molar-refractivity contribution in [1.82, 2.24) is 15.5 Å². The van der Waals surface area contributed by atoms with Crippen molar-refractivity contribution in [2.24, 2.45) is 16.8 Å². The molecule has 1 unspecified atom stereocenters. The van der Waals surface area contributed by atoms with E-state index in [0.717, 1.165) is 49.3 Å². The smallest absolute Gasteiger partial charge is 0.190 e. The normalized spacial score (nSPS) is 17.2. The van der Waals surface area contributed by atoms with Crippen molar-refractivity contribution in [3.63, 3.8) is 0 Å². The predicted octanol–water partition coefficient (Wildman–Crippen LogP) is 4.18. The minimum absolute atomic E-state index is 0. The second kappa shape index (κ2) is 15.6. The summed E-state index contributed by atoms with van der Waals surface area (Å²) >= 11 is 0. The van der Waals surface area contributed by atoms with Gasteiger partial charge in [0.2, 0.25) is 0 Å². The molecule has 1 aromatic carbocycles. The number of aryl methyl sites for hydroxylation is 1. The second-order valence-corrected chi connectivity index (χ2v) is 8.56. The van der Waals surface area contributed by atoms with Gasteiger partial charge >= 0.3 is 0 Å². The van der Waals surface area contributed by atoms with Crippen LogP contribution in [0.15, 0.2) is 23.2 Å². The van der Waals surface area contributed by atoms with Crippen LogP contribution in [0, 0.1) is 11.8 Å². The molecule has 1 aliphatic heterocycles. The molecular formula is C24H43IN4O2. The fourth-order valence-electron chi connectivity index (χ4n) is 4.11. The maximum absolute atomic E-state index is 5.68. The Morgan fingerprint density at radius 1 is 1.26 bits per heavy atom. The minimum Gasteiger partial charge on any atom is -0.493 e. The first-order chi connectivity index (χ1) is 14.5. The Hall–Kier alpha value is -1.22. The zero-order valence-electron chi connectivity index (χ0n) is 20.1. The molecule has 0 aliphatic carbocycles. The Labute approximate surface area is 206 Å². The van der Waals surface area contributed by atoms with Crippen molar-refractivity contribution in [3.8, 4) is 11.5 Å². The number of hydrogen-bond acceptors (Lipinski definition) is 4. The van der Waals surface area contributed by atoms with E-state index in [9.17, 15) is 0 Å². The van der Waals surface area contributed by atoms with Gasteiger partial charge < -0.3 is 25.0 Å². The molecule has 31 heavy (non-hydrogen) atoms. The van der Waals surface area contributed by atoms with Crippen LogP contribution in [0.2, 0.25) is 0 Å². The Morgan fingerprint density at radius 2 is 2.06 bits per heavy atom. The SMILES string of the molecule is CCOc1cc(CCCNC(=NC)NCC2CCCN(CC(C)C)C2)ccc1OC.I. The van der Waals surface area contributed by atoms with Crippen LogP contribution in [0.4, 0.5) is 0 Å². The Kier molecular flexibility index (Phi) is 14.0. The summed E-state index contributed by atoms with van der Waals surface area (Å²) in [4.78, 5) is 7.00. The quantitative estimate of drug-likeness (QED) is 0.189. The molecule has 0 saturated carbocycles. The van der Waals surface area contributed by atoms with E-state index < -0.39 is 0 Å². The van der Waals surface area contributed by atoms with Crippen molar-refractivity contribution in [2.75, 3.05) is 53.5 Å². The third-order valence-electron chi connectivity index (χ3n) is 5.47. The number of nitrogens with zero attached hydrogens (tertiary/aromatic N) is 2. The van der Waals surface area contributed by atoms with E-state index in [4.69, 9.17) is 9.47 Å². The van der Waals surface area contributed by atoms with Gasteiger partial charge in [-0.15, -0.1) is 24.0 Å². The molecule has 1 saturated heterocycles. The van der Waals surface area contributed by atoms with Gasteiger partial charge in [0.15, 0.2) is 17.5 Å². The lowest BCUT2D eigenvalue weighted by Crippen LogP contribution is -2.45. The molecule has 0 spiro atoms. The van der Waals surface area contributed by atoms with Crippen LogP contribution in [0.1, 0.15) is 45.6 Å². The van der Waals surface area contributed by atoms with Gasteiger partial charge in [0.05, 0.1) is 13.7 Å². The van der Waals surface area contributed by atoms with E-state index in [1.807, 2.05) is 20.0 Å². The average Bonchev–Trinajstić information content (AvgIpc) is 2.73. The number of hydrogen-bond donors (Lipinski definition) is 2. The first-order valence-corrected chi connectivity index (χ1v) is 11.5. The van der Waals surface area contributed by atoms with Crippen molar-refractivity contribution >= 4 is 29.9 Å². The minimum atomic E-state index is 0. The number of rotatable bonds is 11. The lowest BCUT2D eigenvalue weighted by molar-refractivity contribution is 0.159. The van der Waals surface area contributed by atoms with Gasteiger partial charge in [0.25, 0.3) is 0 Å². The van der Waals surface area contributed by atoms with Gasteiger partial charge in [0.1, 0.15) is 0 Å². The summed E-state index contributed by atoms with van der Waals surface area (Å²) in [6, 6.07) is 6.18. The van der Waals surface area contributed by atoms with Gasteiger partial charge in [-0.05, 0) is 68.7 Å². The standard InChI is InChI=1S/C24H42N4O2.HI/c1-6-30-23-15-20(11-12-22(23)29-5)9-7-13-26-24(25-4)27-16-21-10-8-14-28(18-21)17-19(2)3;/h11-12,15,19,21H,6-10,13-14,16-18H2,1-5H3,(H2,25,26,27);1H. The molecule has 1 fully saturated rings. The van der Waals surface area contributed by atoms with E-state index >= 15 is 0 Å². The maximum Gasteiger partial charge on any atom is 0.190 e. The summed E-state index contributed by atoms with van der Waals surface area (Å²) in [5, 5.41) is 6.98.